The molecule has 24 heavy (non-hydrogen) atoms. The predicted octanol–water partition coefficient (Wildman–Crippen LogP) is 4.05. The Hall–Kier alpha value is -2.73. The molecule has 2 aromatic carbocycles. The molecule has 1 heterocycles. The molecule has 0 saturated heterocycles. The number of anilines is 1. The molecule has 0 aliphatic heterocycles. The van der Waals surface area contributed by atoms with Crippen molar-refractivity contribution >= 4 is 33.2 Å². The van der Waals surface area contributed by atoms with Crippen molar-refractivity contribution in [1.82, 2.24) is 10.3 Å². The van der Waals surface area contributed by atoms with E-state index in [4.69, 9.17) is 0 Å². The molecule has 3 aromatic rings. The Morgan fingerprint density at radius 1 is 1.04 bits per heavy atom. The average molecular weight is 324 g/mol. The molecule has 1 atom stereocenters. The molecule has 0 bridgehead atoms. The molecule has 3 rings (SSSR count). The third-order valence-electron chi connectivity index (χ3n) is 3.83. The fourth-order valence-electron chi connectivity index (χ4n) is 2.98. The molecule has 0 aliphatic carbocycles. The molecule has 0 fully saturated rings. The number of nitro groups is 1. The van der Waals surface area contributed by atoms with Crippen LogP contribution in [-0.4, -0.2) is 22.1 Å². The number of para-hydroxylation sites is 1. The summed E-state index contributed by atoms with van der Waals surface area (Å²) in [7, 11) is 0. The normalized spacial score (nSPS) is 12.7. The van der Waals surface area contributed by atoms with Crippen LogP contribution in [0, 0.1) is 10.1 Å². The van der Waals surface area contributed by atoms with Crippen LogP contribution in [0.15, 0.2) is 42.5 Å². The summed E-state index contributed by atoms with van der Waals surface area (Å²) < 4.78 is 0. The van der Waals surface area contributed by atoms with Gasteiger partial charge in [0.05, 0.1) is 27.8 Å². The smallest absolute Gasteiger partial charge is 0.280 e. The Labute approximate surface area is 140 Å². The Bertz CT molecular complexity index is 908. The van der Waals surface area contributed by atoms with Gasteiger partial charge in [0.25, 0.3) is 5.69 Å². The number of nitrogens with zero attached hydrogens (tertiary/aromatic N) is 2. The summed E-state index contributed by atoms with van der Waals surface area (Å²) in [5.74, 6) is 0. The van der Waals surface area contributed by atoms with Gasteiger partial charge in [-0.25, -0.2) is 4.98 Å². The third-order valence-corrected chi connectivity index (χ3v) is 3.83. The average Bonchev–Trinajstić information content (AvgIpc) is 2.53. The van der Waals surface area contributed by atoms with E-state index in [9.17, 15) is 10.1 Å². The van der Waals surface area contributed by atoms with Crippen molar-refractivity contribution in [3.8, 4) is 0 Å². The molecule has 0 amide bonds. The number of aromatic nitrogens is 1. The quantitative estimate of drug-likeness (QED) is 0.320. The maximum Gasteiger partial charge on any atom is 0.280 e. The fourth-order valence-corrected chi connectivity index (χ4v) is 2.98. The van der Waals surface area contributed by atoms with Crippen molar-refractivity contribution in [2.45, 2.75) is 33.0 Å². The van der Waals surface area contributed by atoms with E-state index in [1.54, 1.807) is 12.1 Å². The molecular formula is C18H20N4O2. The second-order valence-electron chi connectivity index (χ2n) is 6.12. The third kappa shape index (κ3) is 3.00. The molecule has 1 aromatic heterocycles. The van der Waals surface area contributed by atoms with Crippen LogP contribution in [0.5, 0.6) is 0 Å². The molecule has 0 saturated carbocycles. The summed E-state index contributed by atoms with van der Waals surface area (Å²) in [4.78, 5) is 15.7. The molecule has 6 heteroatoms. The minimum atomic E-state index is -0.357. The van der Waals surface area contributed by atoms with Crippen LogP contribution in [0.2, 0.25) is 0 Å². The van der Waals surface area contributed by atoms with Gasteiger partial charge in [0.15, 0.2) is 0 Å². The Morgan fingerprint density at radius 3 is 2.46 bits per heavy atom. The minimum absolute atomic E-state index is 0.0428. The van der Waals surface area contributed by atoms with Crippen molar-refractivity contribution in [2.75, 3.05) is 5.32 Å². The number of rotatable bonds is 5. The lowest BCUT2D eigenvalue weighted by Crippen LogP contribution is -2.38. The summed E-state index contributed by atoms with van der Waals surface area (Å²) >= 11 is 0. The number of pyridine rings is 1. The monoisotopic (exact) mass is 324 g/mol. The molecule has 0 spiro atoms. The second-order valence-corrected chi connectivity index (χ2v) is 6.12. The first kappa shape index (κ1) is 16.1. The molecule has 6 nitrogen and oxygen atoms in total. The van der Waals surface area contributed by atoms with Gasteiger partial charge >= 0.3 is 0 Å². The zero-order chi connectivity index (χ0) is 17.3. The minimum Gasteiger partial charge on any atom is -0.369 e. The highest BCUT2D eigenvalue weighted by Crippen LogP contribution is 2.36. The van der Waals surface area contributed by atoms with E-state index in [2.05, 4.69) is 29.5 Å². The van der Waals surface area contributed by atoms with E-state index in [-0.39, 0.29) is 16.8 Å². The highest BCUT2D eigenvalue weighted by molar-refractivity contribution is 6.11. The summed E-state index contributed by atoms with van der Waals surface area (Å²) in [6.45, 7) is 6.11. The highest BCUT2D eigenvalue weighted by Gasteiger charge is 2.20. The molecule has 0 aliphatic rings. The SMILES string of the molecule is CC(C)NC(C)Nc1c2ccccc2nc2cccc([N+](=O)[O-])c12. The van der Waals surface area contributed by atoms with Gasteiger partial charge in [-0.3, -0.25) is 15.4 Å². The van der Waals surface area contributed by atoms with Crippen LogP contribution in [0.25, 0.3) is 21.8 Å². The van der Waals surface area contributed by atoms with E-state index < -0.39 is 0 Å². The first-order chi connectivity index (χ1) is 11.5. The molecule has 0 radical (unpaired) electrons. The predicted molar refractivity (Wildman–Crippen MR) is 97.3 cm³/mol. The topological polar surface area (TPSA) is 80.1 Å². The molecule has 124 valence electrons. The van der Waals surface area contributed by atoms with E-state index in [0.29, 0.717) is 16.9 Å². The van der Waals surface area contributed by atoms with Gasteiger partial charge in [-0.2, -0.15) is 0 Å². The number of non-ortho nitro benzene ring substituents is 1. The lowest BCUT2D eigenvalue weighted by molar-refractivity contribution is -0.383. The van der Waals surface area contributed by atoms with E-state index >= 15 is 0 Å². The van der Waals surface area contributed by atoms with Crippen LogP contribution >= 0.6 is 0 Å². The fraction of sp³-hybridized carbons (Fsp3) is 0.278. The number of nitrogens with one attached hydrogen (secondary N) is 2. The summed E-state index contributed by atoms with van der Waals surface area (Å²) in [5.41, 5.74) is 2.22. The Kier molecular flexibility index (Phi) is 4.31. The Balaban J connectivity index is 2.29. The largest absolute Gasteiger partial charge is 0.369 e. The van der Waals surface area contributed by atoms with Gasteiger partial charge in [0.1, 0.15) is 5.39 Å². The molecule has 1 unspecified atom stereocenters. The molecular weight excluding hydrogens is 304 g/mol. The van der Waals surface area contributed by atoms with Gasteiger partial charge in [0.2, 0.25) is 0 Å². The van der Waals surface area contributed by atoms with Gasteiger partial charge in [-0.15, -0.1) is 0 Å². The van der Waals surface area contributed by atoms with Crippen molar-refractivity contribution in [3.05, 3.63) is 52.6 Å². The first-order valence-electron chi connectivity index (χ1n) is 7.96. The van der Waals surface area contributed by atoms with Gasteiger partial charge in [-0.1, -0.05) is 24.3 Å². The number of fused-ring (bicyclic) bond motifs is 2. The van der Waals surface area contributed by atoms with Crippen LogP contribution in [-0.2, 0) is 0 Å². The van der Waals surface area contributed by atoms with E-state index in [1.807, 2.05) is 31.2 Å². The maximum atomic E-state index is 11.5. The van der Waals surface area contributed by atoms with Gasteiger partial charge in [-0.05, 0) is 32.9 Å². The van der Waals surface area contributed by atoms with Crippen molar-refractivity contribution in [2.24, 2.45) is 0 Å². The van der Waals surface area contributed by atoms with Crippen molar-refractivity contribution in [1.29, 1.82) is 0 Å². The summed E-state index contributed by atoms with van der Waals surface area (Å²) in [6, 6.07) is 13.0. The van der Waals surface area contributed by atoms with Crippen molar-refractivity contribution in [3.63, 3.8) is 0 Å². The number of nitro benzene ring substituents is 1. The van der Waals surface area contributed by atoms with Crippen LogP contribution in [0.4, 0.5) is 11.4 Å². The first-order valence-corrected chi connectivity index (χ1v) is 7.96. The lowest BCUT2D eigenvalue weighted by Gasteiger charge is -2.21. The number of hydrogen-bond acceptors (Lipinski definition) is 5. The zero-order valence-electron chi connectivity index (χ0n) is 13.9. The zero-order valence-corrected chi connectivity index (χ0v) is 13.9. The van der Waals surface area contributed by atoms with Crippen molar-refractivity contribution < 1.29 is 4.92 Å². The number of hydrogen-bond donors (Lipinski definition) is 2. The van der Waals surface area contributed by atoms with Crippen LogP contribution in [0.3, 0.4) is 0 Å². The maximum absolute atomic E-state index is 11.5. The van der Waals surface area contributed by atoms with Crippen LogP contribution in [0.1, 0.15) is 20.8 Å². The summed E-state index contributed by atoms with van der Waals surface area (Å²) in [5, 5.41) is 19.7. The van der Waals surface area contributed by atoms with E-state index in [1.165, 1.54) is 6.07 Å². The lowest BCUT2D eigenvalue weighted by atomic mass is 10.1. The van der Waals surface area contributed by atoms with Gasteiger partial charge in [0, 0.05) is 17.5 Å². The van der Waals surface area contributed by atoms with Gasteiger partial charge < -0.3 is 5.32 Å². The molecule has 2 N–H and O–H groups in total. The summed E-state index contributed by atoms with van der Waals surface area (Å²) in [6.07, 6.45) is -0.0428. The van der Waals surface area contributed by atoms with E-state index in [0.717, 1.165) is 16.6 Å². The Morgan fingerprint density at radius 2 is 1.75 bits per heavy atom. The highest BCUT2D eigenvalue weighted by atomic mass is 16.6. The second kappa shape index (κ2) is 6.41. The number of benzene rings is 2. The standard InChI is InChI=1S/C18H20N4O2/c1-11(2)19-12(3)20-18-13-7-4-5-8-14(13)21-15-9-6-10-16(17(15)18)22(23)24/h4-12,19H,1-3H3,(H,20,21). The van der Waals surface area contributed by atoms with Crippen LogP contribution < -0.4 is 10.6 Å².